The van der Waals surface area contributed by atoms with Gasteiger partial charge < -0.3 is 5.32 Å². The normalized spacial score (nSPS) is 14.1. The fourth-order valence-electron chi connectivity index (χ4n) is 2.40. The summed E-state index contributed by atoms with van der Waals surface area (Å²) >= 11 is 6.06. The molecule has 0 fully saturated rings. The molecule has 106 valence electrons. The van der Waals surface area contributed by atoms with E-state index in [0.717, 1.165) is 17.7 Å². The van der Waals surface area contributed by atoms with Crippen molar-refractivity contribution in [3.8, 4) is 0 Å². The highest BCUT2D eigenvalue weighted by Crippen LogP contribution is 2.35. The Bertz CT molecular complexity index is 587. The Balaban J connectivity index is 2.40. The first kappa shape index (κ1) is 14.9. The van der Waals surface area contributed by atoms with Crippen LogP contribution in [-0.2, 0) is 0 Å². The van der Waals surface area contributed by atoms with E-state index in [1.807, 2.05) is 37.3 Å². The highest BCUT2D eigenvalue weighted by Gasteiger charge is 2.23. The Morgan fingerprint density at radius 3 is 2.25 bits per heavy atom. The Kier molecular flexibility index (Phi) is 4.73. The zero-order valence-electron chi connectivity index (χ0n) is 11.3. The SMILES string of the molecule is CNC(c1cc(F)c(F)cc1Cl)C(C)c1ccccc1. The van der Waals surface area contributed by atoms with Gasteiger partial charge in [-0.1, -0.05) is 48.9 Å². The van der Waals surface area contributed by atoms with Crippen molar-refractivity contribution in [3.05, 3.63) is 70.2 Å². The van der Waals surface area contributed by atoms with E-state index in [1.165, 1.54) is 0 Å². The molecule has 4 heteroatoms. The van der Waals surface area contributed by atoms with E-state index in [2.05, 4.69) is 5.32 Å². The molecule has 0 aliphatic carbocycles. The number of benzene rings is 2. The fraction of sp³-hybridized carbons (Fsp3) is 0.250. The predicted octanol–water partition coefficient (Wildman–Crippen LogP) is 4.68. The maximum atomic E-state index is 13.5. The van der Waals surface area contributed by atoms with Crippen LogP contribution < -0.4 is 5.32 Å². The van der Waals surface area contributed by atoms with E-state index in [1.54, 1.807) is 7.05 Å². The van der Waals surface area contributed by atoms with Crippen LogP contribution in [0.2, 0.25) is 5.02 Å². The zero-order chi connectivity index (χ0) is 14.7. The second-order valence-electron chi connectivity index (χ2n) is 4.75. The second kappa shape index (κ2) is 6.33. The smallest absolute Gasteiger partial charge is 0.160 e. The van der Waals surface area contributed by atoms with Crippen LogP contribution in [0.1, 0.15) is 30.0 Å². The summed E-state index contributed by atoms with van der Waals surface area (Å²) in [5.74, 6) is -1.74. The van der Waals surface area contributed by atoms with Gasteiger partial charge in [0.15, 0.2) is 11.6 Å². The second-order valence-corrected chi connectivity index (χ2v) is 5.16. The van der Waals surface area contributed by atoms with Gasteiger partial charge in [0.1, 0.15) is 0 Å². The van der Waals surface area contributed by atoms with Gasteiger partial charge >= 0.3 is 0 Å². The van der Waals surface area contributed by atoms with Crippen LogP contribution in [0.5, 0.6) is 0 Å². The lowest BCUT2D eigenvalue weighted by atomic mass is 9.88. The number of rotatable bonds is 4. The molecule has 0 bridgehead atoms. The quantitative estimate of drug-likeness (QED) is 0.807. The van der Waals surface area contributed by atoms with E-state index in [-0.39, 0.29) is 17.0 Å². The first-order valence-electron chi connectivity index (χ1n) is 6.41. The van der Waals surface area contributed by atoms with Crippen LogP contribution in [0.3, 0.4) is 0 Å². The third-order valence-corrected chi connectivity index (χ3v) is 3.84. The number of hydrogen-bond donors (Lipinski definition) is 1. The van der Waals surface area contributed by atoms with Crippen LogP contribution >= 0.6 is 11.6 Å². The molecule has 2 atom stereocenters. The molecule has 0 saturated carbocycles. The van der Waals surface area contributed by atoms with Crippen molar-refractivity contribution in [2.75, 3.05) is 7.05 Å². The molecule has 0 amide bonds. The van der Waals surface area contributed by atoms with Crippen LogP contribution in [0, 0.1) is 11.6 Å². The van der Waals surface area contributed by atoms with E-state index < -0.39 is 11.6 Å². The molecule has 0 heterocycles. The Morgan fingerprint density at radius 1 is 1.05 bits per heavy atom. The molecule has 0 aliphatic rings. The predicted molar refractivity (Wildman–Crippen MR) is 78.0 cm³/mol. The summed E-state index contributed by atoms with van der Waals surface area (Å²) in [5.41, 5.74) is 1.66. The molecule has 0 aliphatic heterocycles. The third kappa shape index (κ3) is 3.00. The number of hydrogen-bond acceptors (Lipinski definition) is 1. The summed E-state index contributed by atoms with van der Waals surface area (Å²) in [4.78, 5) is 0. The fourth-order valence-corrected chi connectivity index (χ4v) is 2.67. The third-order valence-electron chi connectivity index (χ3n) is 3.51. The summed E-state index contributed by atoms with van der Waals surface area (Å²) in [6, 6.07) is 11.8. The molecular formula is C16H16ClF2N. The lowest BCUT2D eigenvalue weighted by Gasteiger charge is -2.25. The maximum absolute atomic E-state index is 13.5. The monoisotopic (exact) mass is 295 g/mol. The average Bonchev–Trinajstić information content (AvgIpc) is 2.46. The first-order valence-corrected chi connectivity index (χ1v) is 6.79. The van der Waals surface area contributed by atoms with Crippen molar-refractivity contribution < 1.29 is 8.78 Å². The maximum Gasteiger partial charge on any atom is 0.160 e. The Hall–Kier alpha value is -1.45. The molecule has 0 saturated heterocycles. The van der Waals surface area contributed by atoms with E-state index >= 15 is 0 Å². The minimum absolute atomic E-state index is 0.0727. The van der Waals surface area contributed by atoms with Crippen molar-refractivity contribution in [2.24, 2.45) is 0 Å². The molecule has 2 aromatic carbocycles. The van der Waals surface area contributed by atoms with Gasteiger partial charge in [-0.05, 0) is 30.3 Å². The minimum atomic E-state index is -0.930. The molecule has 1 N–H and O–H groups in total. The van der Waals surface area contributed by atoms with Crippen molar-refractivity contribution in [1.82, 2.24) is 5.32 Å². The molecule has 0 aromatic heterocycles. The Morgan fingerprint density at radius 2 is 1.65 bits per heavy atom. The van der Waals surface area contributed by atoms with Gasteiger partial charge in [0.05, 0.1) is 0 Å². The molecule has 0 spiro atoms. The largest absolute Gasteiger partial charge is 0.312 e. The van der Waals surface area contributed by atoms with Crippen LogP contribution in [0.25, 0.3) is 0 Å². The van der Waals surface area contributed by atoms with Crippen LogP contribution in [-0.4, -0.2) is 7.05 Å². The topological polar surface area (TPSA) is 12.0 Å². The van der Waals surface area contributed by atoms with E-state index in [4.69, 9.17) is 11.6 Å². The summed E-state index contributed by atoms with van der Waals surface area (Å²) in [7, 11) is 1.78. The van der Waals surface area contributed by atoms with Gasteiger partial charge in [0.25, 0.3) is 0 Å². The molecular weight excluding hydrogens is 280 g/mol. The highest BCUT2D eigenvalue weighted by atomic mass is 35.5. The summed E-state index contributed by atoms with van der Waals surface area (Å²) < 4.78 is 26.6. The first-order chi connectivity index (χ1) is 9.54. The van der Waals surface area contributed by atoms with Crippen LogP contribution in [0.4, 0.5) is 8.78 Å². The number of halogens is 3. The summed E-state index contributed by atoms with van der Waals surface area (Å²) in [6.07, 6.45) is 0. The molecule has 2 rings (SSSR count). The van der Waals surface area contributed by atoms with Gasteiger partial charge in [-0.15, -0.1) is 0 Å². The molecule has 0 radical (unpaired) electrons. The van der Waals surface area contributed by atoms with Crippen molar-refractivity contribution in [3.63, 3.8) is 0 Å². The van der Waals surface area contributed by atoms with Gasteiger partial charge in [-0.3, -0.25) is 0 Å². The standard InChI is InChI=1S/C16H16ClF2N/c1-10(11-6-4-3-5-7-11)16(20-2)12-8-14(18)15(19)9-13(12)17/h3-10,16,20H,1-2H3. The van der Waals surface area contributed by atoms with Gasteiger partial charge in [-0.2, -0.15) is 0 Å². The molecule has 2 unspecified atom stereocenters. The lowest BCUT2D eigenvalue weighted by Crippen LogP contribution is -2.23. The van der Waals surface area contributed by atoms with E-state index in [9.17, 15) is 8.78 Å². The number of likely N-dealkylation sites (N-methyl/N-ethyl adjacent to an activating group) is 1. The van der Waals surface area contributed by atoms with Crippen molar-refractivity contribution in [1.29, 1.82) is 0 Å². The summed E-state index contributed by atoms with van der Waals surface area (Å²) in [6.45, 7) is 2.02. The molecule has 2 aromatic rings. The van der Waals surface area contributed by atoms with Crippen molar-refractivity contribution in [2.45, 2.75) is 18.9 Å². The minimum Gasteiger partial charge on any atom is -0.312 e. The van der Waals surface area contributed by atoms with E-state index in [0.29, 0.717) is 5.56 Å². The van der Waals surface area contributed by atoms with Gasteiger partial charge in [0.2, 0.25) is 0 Å². The lowest BCUT2D eigenvalue weighted by molar-refractivity contribution is 0.484. The van der Waals surface area contributed by atoms with Gasteiger partial charge in [0, 0.05) is 17.0 Å². The van der Waals surface area contributed by atoms with Crippen LogP contribution in [0.15, 0.2) is 42.5 Å². The average molecular weight is 296 g/mol. The molecule has 20 heavy (non-hydrogen) atoms. The zero-order valence-corrected chi connectivity index (χ0v) is 12.1. The van der Waals surface area contributed by atoms with Gasteiger partial charge in [-0.25, -0.2) is 8.78 Å². The Labute approximate surface area is 122 Å². The highest BCUT2D eigenvalue weighted by molar-refractivity contribution is 6.31. The van der Waals surface area contributed by atoms with Crippen molar-refractivity contribution >= 4 is 11.6 Å². The number of nitrogens with one attached hydrogen (secondary N) is 1. The molecule has 1 nitrogen and oxygen atoms in total. The summed E-state index contributed by atoms with van der Waals surface area (Å²) in [5, 5.41) is 3.36.